The van der Waals surface area contributed by atoms with Crippen molar-refractivity contribution >= 4 is 17.9 Å². The molecule has 11 nitrogen and oxygen atoms in total. The van der Waals surface area contributed by atoms with E-state index < -0.39 is 11.2 Å². The van der Waals surface area contributed by atoms with Crippen molar-refractivity contribution in [2.24, 2.45) is 5.10 Å². The summed E-state index contributed by atoms with van der Waals surface area (Å²) in [5.74, 6) is 0.741. The van der Waals surface area contributed by atoms with Gasteiger partial charge in [0.2, 0.25) is 11.7 Å². The van der Waals surface area contributed by atoms with Gasteiger partial charge in [0.1, 0.15) is 0 Å². The van der Waals surface area contributed by atoms with Gasteiger partial charge in [0.25, 0.3) is 5.56 Å². The fourth-order valence-corrected chi connectivity index (χ4v) is 2.11. The van der Waals surface area contributed by atoms with E-state index in [2.05, 4.69) is 26.0 Å². The third kappa shape index (κ3) is 6.27. The standard InChI is InChI=1S/C17H22N6O5/c1-10(2)28-12-5-4-11(8-13(12)27-3)9-19-21-14(24)6-7-18-15-16(25)20-17(26)23-22-15/h4-5,8-10H,6-7H2,1-3H3,(H,18,22)(H,21,24)(H2,20,23,25,26)/b19-9+. The highest BCUT2D eigenvalue weighted by Gasteiger charge is 2.07. The van der Waals surface area contributed by atoms with E-state index in [1.165, 1.54) is 6.21 Å². The van der Waals surface area contributed by atoms with Gasteiger partial charge in [-0.1, -0.05) is 0 Å². The van der Waals surface area contributed by atoms with Gasteiger partial charge in [-0.05, 0) is 37.6 Å². The van der Waals surface area contributed by atoms with Crippen LogP contribution in [0.1, 0.15) is 25.8 Å². The molecule has 0 saturated carbocycles. The van der Waals surface area contributed by atoms with Crippen molar-refractivity contribution in [3.63, 3.8) is 0 Å². The van der Waals surface area contributed by atoms with Crippen LogP contribution >= 0.6 is 0 Å². The second-order valence-electron chi connectivity index (χ2n) is 5.90. The Bertz CT molecular complexity index is 950. The predicted molar refractivity (Wildman–Crippen MR) is 103 cm³/mol. The van der Waals surface area contributed by atoms with Crippen LogP contribution in [-0.4, -0.2) is 47.1 Å². The zero-order valence-corrected chi connectivity index (χ0v) is 15.7. The molecule has 150 valence electrons. The molecule has 1 heterocycles. The van der Waals surface area contributed by atoms with Crippen molar-refractivity contribution in [1.29, 1.82) is 0 Å². The molecule has 0 saturated heterocycles. The maximum absolute atomic E-state index is 11.8. The number of amides is 1. The number of H-pyrrole nitrogens is 2. The molecule has 0 atom stereocenters. The smallest absolute Gasteiger partial charge is 0.342 e. The molecule has 0 radical (unpaired) electrons. The van der Waals surface area contributed by atoms with Crippen LogP contribution in [-0.2, 0) is 4.79 Å². The van der Waals surface area contributed by atoms with Crippen LogP contribution in [0.25, 0.3) is 0 Å². The summed E-state index contributed by atoms with van der Waals surface area (Å²) in [5.41, 5.74) is 1.73. The molecular weight excluding hydrogens is 368 g/mol. The van der Waals surface area contributed by atoms with Crippen LogP contribution in [0.2, 0.25) is 0 Å². The van der Waals surface area contributed by atoms with E-state index in [1.807, 2.05) is 18.8 Å². The molecule has 4 N–H and O–H groups in total. The lowest BCUT2D eigenvalue weighted by Crippen LogP contribution is -2.28. The minimum atomic E-state index is -0.705. The lowest BCUT2D eigenvalue weighted by molar-refractivity contribution is -0.120. The molecule has 0 bridgehead atoms. The summed E-state index contributed by atoms with van der Waals surface area (Å²) in [5, 5.41) is 12.2. The molecule has 0 aliphatic heterocycles. The van der Waals surface area contributed by atoms with Gasteiger partial charge in [0.05, 0.1) is 19.4 Å². The topological polar surface area (TPSA) is 151 Å². The molecule has 28 heavy (non-hydrogen) atoms. The highest BCUT2D eigenvalue weighted by molar-refractivity contribution is 5.83. The summed E-state index contributed by atoms with van der Waals surface area (Å²) in [6.45, 7) is 3.98. The highest BCUT2D eigenvalue weighted by Crippen LogP contribution is 2.28. The normalized spacial score (nSPS) is 10.9. The summed E-state index contributed by atoms with van der Waals surface area (Å²) in [7, 11) is 1.54. The number of hydrazone groups is 1. The van der Waals surface area contributed by atoms with Gasteiger partial charge in [-0.15, -0.1) is 5.10 Å². The molecule has 0 aliphatic carbocycles. The van der Waals surface area contributed by atoms with Crippen molar-refractivity contribution in [3.8, 4) is 11.5 Å². The van der Waals surface area contributed by atoms with E-state index in [4.69, 9.17) is 9.47 Å². The minimum absolute atomic E-state index is 0.0169. The number of carbonyl (C=O) groups excluding carboxylic acids is 1. The van der Waals surface area contributed by atoms with Crippen LogP contribution in [0.3, 0.4) is 0 Å². The van der Waals surface area contributed by atoms with E-state index in [0.717, 1.165) is 5.56 Å². The first kappa shape index (κ1) is 20.7. The number of carbonyl (C=O) groups is 1. The maximum atomic E-state index is 11.8. The Morgan fingerprint density at radius 2 is 2.11 bits per heavy atom. The number of anilines is 1. The molecule has 2 aromatic rings. The van der Waals surface area contributed by atoms with E-state index in [1.54, 1.807) is 25.3 Å². The molecule has 11 heteroatoms. The van der Waals surface area contributed by atoms with E-state index in [0.29, 0.717) is 11.5 Å². The number of aromatic amines is 2. The Kier molecular flexibility index (Phi) is 7.31. The average Bonchev–Trinajstić information content (AvgIpc) is 2.64. The van der Waals surface area contributed by atoms with Gasteiger partial charge in [-0.2, -0.15) is 5.10 Å². The molecular formula is C17H22N6O5. The lowest BCUT2D eigenvalue weighted by atomic mass is 10.2. The quantitative estimate of drug-likeness (QED) is 0.353. The van der Waals surface area contributed by atoms with E-state index in [9.17, 15) is 14.4 Å². The number of benzene rings is 1. The Morgan fingerprint density at radius 3 is 2.79 bits per heavy atom. The first-order valence-electron chi connectivity index (χ1n) is 8.48. The molecule has 1 aromatic carbocycles. The van der Waals surface area contributed by atoms with Crippen LogP contribution in [0.4, 0.5) is 5.82 Å². The largest absolute Gasteiger partial charge is 0.493 e. The van der Waals surface area contributed by atoms with Crippen molar-refractivity contribution < 1.29 is 14.3 Å². The molecule has 0 spiro atoms. The van der Waals surface area contributed by atoms with Gasteiger partial charge >= 0.3 is 5.69 Å². The number of rotatable bonds is 9. The summed E-state index contributed by atoms with van der Waals surface area (Å²) in [4.78, 5) is 36.1. The number of nitrogens with one attached hydrogen (secondary N) is 4. The molecule has 2 rings (SSSR count). The first-order valence-corrected chi connectivity index (χ1v) is 8.48. The van der Waals surface area contributed by atoms with Crippen LogP contribution in [0, 0.1) is 0 Å². The van der Waals surface area contributed by atoms with Gasteiger partial charge in [0.15, 0.2) is 11.5 Å². The number of nitrogens with zero attached hydrogens (tertiary/aromatic N) is 2. The third-order valence-electron chi connectivity index (χ3n) is 3.31. The Morgan fingerprint density at radius 1 is 1.32 bits per heavy atom. The van der Waals surface area contributed by atoms with Gasteiger partial charge in [-0.3, -0.25) is 14.6 Å². The Balaban J connectivity index is 1.84. The zero-order valence-electron chi connectivity index (χ0n) is 15.7. The lowest BCUT2D eigenvalue weighted by Gasteiger charge is -2.13. The molecule has 0 aliphatic rings. The van der Waals surface area contributed by atoms with Gasteiger partial charge in [-0.25, -0.2) is 15.3 Å². The summed E-state index contributed by atoms with van der Waals surface area (Å²) >= 11 is 0. The second-order valence-corrected chi connectivity index (χ2v) is 5.90. The molecule has 1 amide bonds. The van der Waals surface area contributed by atoms with E-state index >= 15 is 0 Å². The minimum Gasteiger partial charge on any atom is -0.493 e. The third-order valence-corrected chi connectivity index (χ3v) is 3.31. The van der Waals surface area contributed by atoms with Crippen LogP contribution < -0.4 is 31.5 Å². The monoisotopic (exact) mass is 390 g/mol. The fraction of sp³-hybridized carbons (Fsp3) is 0.353. The summed E-state index contributed by atoms with van der Waals surface area (Å²) in [6.07, 6.45) is 1.53. The Hall–Kier alpha value is -3.63. The number of methoxy groups -OCH3 is 1. The number of ether oxygens (including phenoxy) is 2. The number of hydrogen-bond acceptors (Lipinski definition) is 8. The average molecular weight is 390 g/mol. The van der Waals surface area contributed by atoms with Crippen LogP contribution in [0.5, 0.6) is 11.5 Å². The van der Waals surface area contributed by atoms with Gasteiger partial charge in [0, 0.05) is 13.0 Å². The summed E-state index contributed by atoms with van der Waals surface area (Å²) in [6, 6.07) is 5.29. The number of aromatic nitrogens is 3. The van der Waals surface area contributed by atoms with Crippen molar-refractivity contribution in [3.05, 3.63) is 44.6 Å². The molecule has 0 fully saturated rings. The molecule has 1 aromatic heterocycles. The van der Waals surface area contributed by atoms with E-state index in [-0.39, 0.29) is 30.8 Å². The Labute approximate surface area is 160 Å². The van der Waals surface area contributed by atoms with Gasteiger partial charge < -0.3 is 14.8 Å². The predicted octanol–water partition coefficient (Wildman–Crippen LogP) is 0.206. The van der Waals surface area contributed by atoms with Crippen molar-refractivity contribution in [2.45, 2.75) is 26.4 Å². The second kappa shape index (κ2) is 9.90. The molecule has 0 unspecified atom stereocenters. The van der Waals surface area contributed by atoms with Crippen LogP contribution in [0.15, 0.2) is 32.9 Å². The summed E-state index contributed by atoms with van der Waals surface area (Å²) < 4.78 is 10.9. The first-order chi connectivity index (χ1) is 13.4. The SMILES string of the molecule is COc1cc(/C=N/NC(=O)CCNc2n[nH]c(=O)[nH]c2=O)ccc1OC(C)C. The number of hydrogen-bond donors (Lipinski definition) is 4. The highest BCUT2D eigenvalue weighted by atomic mass is 16.5. The van der Waals surface area contributed by atoms with Crippen molar-refractivity contribution in [1.82, 2.24) is 20.6 Å². The fourth-order valence-electron chi connectivity index (χ4n) is 2.11. The zero-order chi connectivity index (χ0) is 20.5. The maximum Gasteiger partial charge on any atom is 0.342 e. The van der Waals surface area contributed by atoms with Crippen molar-refractivity contribution in [2.75, 3.05) is 19.0 Å².